The molecule has 3 heteroatoms. The zero-order valence-corrected chi connectivity index (χ0v) is 38.4. The lowest BCUT2D eigenvalue weighted by Crippen LogP contribution is -2.15. The van der Waals surface area contributed by atoms with Crippen LogP contribution in [-0.2, 0) is 5.41 Å². The number of aromatic nitrogens is 3. The van der Waals surface area contributed by atoms with Crippen LogP contribution in [0.1, 0.15) is 25.0 Å². The van der Waals surface area contributed by atoms with Crippen molar-refractivity contribution in [1.29, 1.82) is 0 Å². The second-order valence-corrected chi connectivity index (χ2v) is 18.8. The van der Waals surface area contributed by atoms with Crippen LogP contribution in [0.25, 0.3) is 122 Å². The van der Waals surface area contributed by atoms with Crippen LogP contribution >= 0.6 is 0 Å². The number of hydrogen-bond donors (Lipinski definition) is 0. The highest BCUT2D eigenvalue weighted by molar-refractivity contribution is 6.26. The molecule has 1 aliphatic carbocycles. The van der Waals surface area contributed by atoms with E-state index in [0.29, 0.717) is 17.5 Å². The predicted molar refractivity (Wildman–Crippen MR) is 288 cm³/mol. The molecule has 0 saturated carbocycles. The van der Waals surface area contributed by atoms with Crippen molar-refractivity contribution in [2.75, 3.05) is 0 Å². The van der Waals surface area contributed by atoms with Crippen molar-refractivity contribution in [3.05, 3.63) is 248 Å². The normalized spacial score (nSPS) is 12.6. The third kappa shape index (κ3) is 7.01. The SMILES string of the molecule is CC1(C)c2cc(-c3nc(-c4cc(-c5ccccc5)cc(-c5ccccc5)c4)nc(-c4cc(-c5ccccc5)cc(-c5ccccc5)c4)n3)ccc2-c2cc3c4ccccc4c4ccccc4c3cc21. The van der Waals surface area contributed by atoms with Gasteiger partial charge in [0.05, 0.1) is 0 Å². The Bertz CT molecular complexity index is 3690. The first-order chi connectivity index (χ1) is 33.9. The summed E-state index contributed by atoms with van der Waals surface area (Å²) in [7, 11) is 0. The van der Waals surface area contributed by atoms with Crippen LogP contribution in [0.4, 0.5) is 0 Å². The molecule has 0 amide bonds. The molecular weight excluding hydrogens is 835 g/mol. The van der Waals surface area contributed by atoms with Crippen molar-refractivity contribution < 1.29 is 0 Å². The van der Waals surface area contributed by atoms with Gasteiger partial charge >= 0.3 is 0 Å². The molecule has 11 aromatic carbocycles. The summed E-state index contributed by atoms with van der Waals surface area (Å²) in [6, 6.07) is 85.1. The zero-order chi connectivity index (χ0) is 46.1. The second-order valence-electron chi connectivity index (χ2n) is 18.8. The molecule has 0 N–H and O–H groups in total. The molecule has 1 heterocycles. The fourth-order valence-electron chi connectivity index (χ4n) is 10.7. The van der Waals surface area contributed by atoms with Crippen LogP contribution in [-0.4, -0.2) is 15.0 Å². The quantitative estimate of drug-likeness (QED) is 0.150. The summed E-state index contributed by atoms with van der Waals surface area (Å²) < 4.78 is 0. The van der Waals surface area contributed by atoms with E-state index in [-0.39, 0.29) is 5.41 Å². The van der Waals surface area contributed by atoms with Gasteiger partial charge in [-0.1, -0.05) is 196 Å². The van der Waals surface area contributed by atoms with E-state index in [1.54, 1.807) is 0 Å². The highest BCUT2D eigenvalue weighted by atomic mass is 15.0. The Kier molecular flexibility index (Phi) is 9.52. The Morgan fingerprint density at radius 3 is 0.957 bits per heavy atom. The molecule has 0 atom stereocenters. The summed E-state index contributed by atoms with van der Waals surface area (Å²) >= 11 is 0. The number of benzene rings is 11. The first-order valence-electron chi connectivity index (χ1n) is 23.7. The Balaban J connectivity index is 1.03. The highest BCUT2D eigenvalue weighted by Gasteiger charge is 2.36. The van der Waals surface area contributed by atoms with Crippen molar-refractivity contribution in [2.24, 2.45) is 0 Å². The van der Waals surface area contributed by atoms with Crippen molar-refractivity contribution in [2.45, 2.75) is 19.3 Å². The van der Waals surface area contributed by atoms with Gasteiger partial charge in [0.25, 0.3) is 0 Å². The summed E-state index contributed by atoms with van der Waals surface area (Å²) in [6.07, 6.45) is 0. The number of fused-ring (bicyclic) bond motifs is 9. The van der Waals surface area contributed by atoms with E-state index in [4.69, 9.17) is 15.0 Å². The van der Waals surface area contributed by atoms with Gasteiger partial charge in [-0.2, -0.15) is 0 Å². The minimum absolute atomic E-state index is 0.288. The number of nitrogens with zero attached hydrogens (tertiary/aromatic N) is 3. The van der Waals surface area contributed by atoms with Gasteiger partial charge < -0.3 is 0 Å². The molecule has 13 rings (SSSR count). The maximum Gasteiger partial charge on any atom is 0.164 e. The molecule has 0 saturated heterocycles. The Labute approximate surface area is 402 Å². The van der Waals surface area contributed by atoms with Gasteiger partial charge in [0.1, 0.15) is 0 Å². The zero-order valence-electron chi connectivity index (χ0n) is 38.4. The van der Waals surface area contributed by atoms with Gasteiger partial charge in [-0.25, -0.2) is 15.0 Å². The topological polar surface area (TPSA) is 38.7 Å². The molecule has 1 aromatic heterocycles. The summed E-state index contributed by atoms with van der Waals surface area (Å²) in [4.78, 5) is 16.3. The molecule has 0 bridgehead atoms. The molecule has 0 fully saturated rings. The largest absolute Gasteiger partial charge is 0.208 e. The summed E-state index contributed by atoms with van der Waals surface area (Å²) in [5.74, 6) is 1.86. The van der Waals surface area contributed by atoms with Crippen LogP contribution in [0.2, 0.25) is 0 Å². The van der Waals surface area contributed by atoms with Crippen LogP contribution in [0.5, 0.6) is 0 Å². The average Bonchev–Trinajstić information content (AvgIpc) is 3.65. The monoisotopic (exact) mass is 879 g/mol. The minimum Gasteiger partial charge on any atom is -0.208 e. The first kappa shape index (κ1) is 40.5. The summed E-state index contributed by atoms with van der Waals surface area (Å²) in [6.45, 7) is 4.72. The first-order valence-corrected chi connectivity index (χ1v) is 23.7. The fraction of sp³-hybridized carbons (Fsp3) is 0.0455. The van der Waals surface area contributed by atoms with Crippen LogP contribution in [0, 0.1) is 0 Å². The minimum atomic E-state index is -0.288. The third-order valence-electron chi connectivity index (χ3n) is 14.2. The van der Waals surface area contributed by atoms with Gasteiger partial charge in [0.2, 0.25) is 0 Å². The van der Waals surface area contributed by atoms with Crippen LogP contribution in [0.3, 0.4) is 0 Å². The fourth-order valence-corrected chi connectivity index (χ4v) is 10.7. The van der Waals surface area contributed by atoms with Gasteiger partial charge in [0.15, 0.2) is 17.5 Å². The molecule has 324 valence electrons. The maximum atomic E-state index is 5.44. The number of hydrogen-bond acceptors (Lipinski definition) is 3. The molecule has 3 nitrogen and oxygen atoms in total. The van der Waals surface area contributed by atoms with E-state index in [1.807, 2.05) is 0 Å². The molecule has 0 unspecified atom stereocenters. The molecule has 0 spiro atoms. The van der Waals surface area contributed by atoms with Gasteiger partial charge in [-0.05, 0) is 154 Å². The van der Waals surface area contributed by atoms with E-state index >= 15 is 0 Å². The predicted octanol–water partition coefficient (Wildman–Crippen LogP) is 17.3. The van der Waals surface area contributed by atoms with Crippen molar-refractivity contribution >= 4 is 32.3 Å². The molecule has 0 radical (unpaired) electrons. The van der Waals surface area contributed by atoms with Gasteiger partial charge in [0, 0.05) is 22.1 Å². The van der Waals surface area contributed by atoms with Crippen LogP contribution in [0.15, 0.2) is 237 Å². The molecule has 1 aliphatic rings. The molecular formula is C66H45N3. The Morgan fingerprint density at radius 2 is 0.551 bits per heavy atom. The smallest absolute Gasteiger partial charge is 0.164 e. The van der Waals surface area contributed by atoms with Crippen molar-refractivity contribution in [3.63, 3.8) is 0 Å². The van der Waals surface area contributed by atoms with E-state index in [0.717, 1.165) is 61.2 Å². The molecule has 69 heavy (non-hydrogen) atoms. The van der Waals surface area contributed by atoms with Crippen molar-refractivity contribution in [3.8, 4) is 89.8 Å². The lowest BCUT2D eigenvalue weighted by Gasteiger charge is -2.23. The molecule has 0 aliphatic heterocycles. The van der Waals surface area contributed by atoms with Gasteiger partial charge in [-0.3, -0.25) is 0 Å². The number of rotatable bonds is 7. The van der Waals surface area contributed by atoms with E-state index < -0.39 is 0 Å². The third-order valence-corrected chi connectivity index (χ3v) is 14.2. The lowest BCUT2D eigenvalue weighted by atomic mass is 9.80. The van der Waals surface area contributed by atoms with E-state index in [1.165, 1.54) is 54.6 Å². The Morgan fingerprint density at radius 1 is 0.232 bits per heavy atom. The second kappa shape index (κ2) is 16.2. The summed E-state index contributed by atoms with van der Waals surface area (Å²) in [5.41, 5.74) is 16.5. The van der Waals surface area contributed by atoms with Crippen LogP contribution < -0.4 is 0 Å². The highest BCUT2D eigenvalue weighted by Crippen LogP contribution is 2.52. The summed E-state index contributed by atoms with van der Waals surface area (Å²) in [5, 5.41) is 7.70. The van der Waals surface area contributed by atoms with Crippen molar-refractivity contribution in [1.82, 2.24) is 15.0 Å². The maximum absolute atomic E-state index is 5.44. The van der Waals surface area contributed by atoms with E-state index in [9.17, 15) is 0 Å². The van der Waals surface area contributed by atoms with Gasteiger partial charge in [-0.15, -0.1) is 0 Å². The Hall–Kier alpha value is -8.79. The average molecular weight is 880 g/mol. The van der Waals surface area contributed by atoms with E-state index in [2.05, 4.69) is 250 Å². The molecule has 12 aromatic rings. The lowest BCUT2D eigenvalue weighted by molar-refractivity contribution is 0.661. The standard InChI is InChI=1S/C66H45N3/c1-66(2)61-39-46(31-32-57(61)60-40-58-55-29-17-15-27-53(55)54-28-16-18-30-56(54)59(58)41-62(60)66)63-67-64(51-35-47(42-19-7-3-8-20-42)33-48(36-51)43-21-9-4-10-22-43)69-65(68-63)52-37-49(44-23-11-5-12-24-44)34-50(38-52)45-25-13-6-14-26-45/h3-41H,1-2H3.